The van der Waals surface area contributed by atoms with Gasteiger partial charge in [0.1, 0.15) is 5.75 Å². The first-order valence-corrected chi connectivity index (χ1v) is 10.7. The molecule has 3 aromatic rings. The lowest BCUT2D eigenvalue weighted by Crippen LogP contribution is -2.04. The fourth-order valence-corrected chi connectivity index (χ4v) is 3.26. The van der Waals surface area contributed by atoms with E-state index in [1.165, 1.54) is 0 Å². The Balaban J connectivity index is 1.71. The molecule has 0 atom stereocenters. The SMILES string of the molecule is CCOC(=O)CCCCCOc1cc(-c2cccc(OC)c2)cc(-c2ccccc2)n1. The molecule has 0 bridgehead atoms. The third-order valence-electron chi connectivity index (χ3n) is 4.85. The van der Waals surface area contributed by atoms with Gasteiger partial charge >= 0.3 is 5.97 Å². The van der Waals surface area contributed by atoms with Crippen LogP contribution < -0.4 is 9.47 Å². The minimum Gasteiger partial charge on any atom is -0.497 e. The van der Waals surface area contributed by atoms with E-state index in [1.807, 2.05) is 67.6 Å². The van der Waals surface area contributed by atoms with Gasteiger partial charge in [-0.1, -0.05) is 42.5 Å². The van der Waals surface area contributed by atoms with Crippen molar-refractivity contribution < 1.29 is 19.0 Å². The van der Waals surface area contributed by atoms with Crippen LogP contribution in [0.2, 0.25) is 0 Å². The van der Waals surface area contributed by atoms with Gasteiger partial charge in [-0.05, 0) is 55.5 Å². The summed E-state index contributed by atoms with van der Waals surface area (Å²) in [6.07, 6.45) is 3.01. The molecule has 0 radical (unpaired) electrons. The molecule has 5 nitrogen and oxygen atoms in total. The second-order valence-electron chi connectivity index (χ2n) is 7.14. The molecule has 1 heterocycles. The molecule has 0 saturated carbocycles. The maximum atomic E-state index is 11.4. The van der Waals surface area contributed by atoms with Crippen molar-refractivity contribution in [3.05, 3.63) is 66.7 Å². The molecule has 162 valence electrons. The van der Waals surface area contributed by atoms with Crippen molar-refractivity contribution >= 4 is 5.97 Å². The highest BCUT2D eigenvalue weighted by Crippen LogP contribution is 2.30. The maximum absolute atomic E-state index is 11.4. The highest BCUT2D eigenvalue weighted by atomic mass is 16.5. The van der Waals surface area contributed by atoms with Crippen molar-refractivity contribution in [3.8, 4) is 34.0 Å². The van der Waals surface area contributed by atoms with Crippen LogP contribution in [0.15, 0.2) is 66.7 Å². The van der Waals surface area contributed by atoms with E-state index >= 15 is 0 Å². The van der Waals surface area contributed by atoms with Crippen LogP contribution in [0.3, 0.4) is 0 Å². The minimum absolute atomic E-state index is 0.136. The summed E-state index contributed by atoms with van der Waals surface area (Å²) in [5, 5.41) is 0. The molecule has 0 spiro atoms. The number of ether oxygens (including phenoxy) is 3. The smallest absolute Gasteiger partial charge is 0.305 e. The topological polar surface area (TPSA) is 57.7 Å². The van der Waals surface area contributed by atoms with E-state index in [-0.39, 0.29) is 5.97 Å². The van der Waals surface area contributed by atoms with Crippen LogP contribution in [0, 0.1) is 0 Å². The normalized spacial score (nSPS) is 10.5. The molecule has 0 saturated heterocycles. The maximum Gasteiger partial charge on any atom is 0.305 e. The van der Waals surface area contributed by atoms with E-state index in [1.54, 1.807) is 7.11 Å². The molecule has 0 aliphatic carbocycles. The molecule has 0 amide bonds. The number of hydrogen-bond donors (Lipinski definition) is 0. The Morgan fingerprint density at radius 1 is 0.871 bits per heavy atom. The van der Waals surface area contributed by atoms with Crippen molar-refractivity contribution in [2.24, 2.45) is 0 Å². The van der Waals surface area contributed by atoms with E-state index < -0.39 is 0 Å². The number of benzene rings is 2. The van der Waals surface area contributed by atoms with Gasteiger partial charge in [0, 0.05) is 18.1 Å². The third kappa shape index (κ3) is 6.85. The van der Waals surface area contributed by atoms with E-state index in [9.17, 15) is 4.79 Å². The molecule has 3 rings (SSSR count). The molecule has 2 aromatic carbocycles. The van der Waals surface area contributed by atoms with Crippen LogP contribution >= 0.6 is 0 Å². The van der Waals surface area contributed by atoms with E-state index in [0.29, 0.717) is 25.5 Å². The Labute approximate surface area is 184 Å². The quantitative estimate of drug-likeness (QED) is 0.285. The lowest BCUT2D eigenvalue weighted by atomic mass is 10.0. The first kappa shape index (κ1) is 22.3. The lowest BCUT2D eigenvalue weighted by Gasteiger charge is -2.12. The largest absolute Gasteiger partial charge is 0.497 e. The average Bonchev–Trinajstić information content (AvgIpc) is 2.82. The van der Waals surface area contributed by atoms with Crippen LogP contribution in [0.25, 0.3) is 22.4 Å². The Morgan fingerprint density at radius 2 is 1.68 bits per heavy atom. The summed E-state index contributed by atoms with van der Waals surface area (Å²) in [5.41, 5.74) is 3.95. The van der Waals surface area contributed by atoms with E-state index in [0.717, 1.165) is 47.4 Å². The van der Waals surface area contributed by atoms with E-state index in [2.05, 4.69) is 6.07 Å². The number of carbonyl (C=O) groups excluding carboxylic acids is 1. The molecule has 0 unspecified atom stereocenters. The number of unbranched alkanes of at least 4 members (excludes halogenated alkanes) is 2. The fourth-order valence-electron chi connectivity index (χ4n) is 3.26. The van der Waals surface area contributed by atoms with Crippen LogP contribution in [-0.2, 0) is 9.53 Å². The first-order chi connectivity index (χ1) is 15.2. The van der Waals surface area contributed by atoms with Gasteiger partial charge < -0.3 is 14.2 Å². The summed E-state index contributed by atoms with van der Waals surface area (Å²) in [6.45, 7) is 2.80. The van der Waals surface area contributed by atoms with Crippen molar-refractivity contribution in [2.45, 2.75) is 32.6 Å². The average molecular weight is 420 g/mol. The summed E-state index contributed by atoms with van der Waals surface area (Å²) in [6, 6.07) is 22.0. The second kappa shape index (κ2) is 11.7. The fraction of sp³-hybridized carbons (Fsp3) is 0.308. The molecule has 1 aromatic heterocycles. The van der Waals surface area contributed by atoms with Gasteiger partial charge in [0.25, 0.3) is 0 Å². The van der Waals surface area contributed by atoms with Crippen LogP contribution in [-0.4, -0.2) is 31.3 Å². The van der Waals surface area contributed by atoms with Crippen LogP contribution in [0.4, 0.5) is 0 Å². The van der Waals surface area contributed by atoms with Gasteiger partial charge in [-0.2, -0.15) is 0 Å². The second-order valence-corrected chi connectivity index (χ2v) is 7.14. The molecular formula is C26H29NO4. The monoisotopic (exact) mass is 419 g/mol. The summed E-state index contributed by atoms with van der Waals surface area (Å²) in [7, 11) is 1.66. The van der Waals surface area contributed by atoms with Crippen LogP contribution in [0.5, 0.6) is 11.6 Å². The van der Waals surface area contributed by atoms with Crippen LogP contribution in [0.1, 0.15) is 32.6 Å². The molecular weight excluding hydrogens is 390 g/mol. The Kier molecular flexibility index (Phi) is 8.47. The standard InChI is InChI=1S/C26H29NO4/c1-3-30-26(28)15-8-5-9-16-31-25-19-22(21-13-10-14-23(17-21)29-2)18-24(27-25)20-11-6-4-7-12-20/h4,6-7,10-14,17-19H,3,5,8-9,15-16H2,1-2H3. The van der Waals surface area contributed by atoms with Crippen molar-refractivity contribution in [3.63, 3.8) is 0 Å². The Bertz CT molecular complexity index is 972. The zero-order chi connectivity index (χ0) is 21.9. The number of carbonyl (C=O) groups is 1. The molecule has 31 heavy (non-hydrogen) atoms. The van der Waals surface area contributed by atoms with Gasteiger partial charge in [0.15, 0.2) is 0 Å². The number of nitrogens with zero attached hydrogens (tertiary/aromatic N) is 1. The van der Waals surface area contributed by atoms with Gasteiger partial charge in [-0.3, -0.25) is 4.79 Å². The predicted molar refractivity (Wildman–Crippen MR) is 122 cm³/mol. The zero-order valence-electron chi connectivity index (χ0n) is 18.2. The number of aromatic nitrogens is 1. The summed E-state index contributed by atoms with van der Waals surface area (Å²) >= 11 is 0. The Hall–Kier alpha value is -3.34. The predicted octanol–water partition coefficient (Wildman–Crippen LogP) is 5.93. The highest BCUT2D eigenvalue weighted by molar-refractivity contribution is 5.72. The summed E-state index contributed by atoms with van der Waals surface area (Å²) in [4.78, 5) is 16.1. The van der Waals surface area contributed by atoms with Gasteiger partial charge in [-0.15, -0.1) is 0 Å². The third-order valence-corrected chi connectivity index (χ3v) is 4.85. The molecule has 0 aliphatic rings. The Morgan fingerprint density at radius 3 is 2.45 bits per heavy atom. The van der Waals surface area contributed by atoms with Crippen molar-refractivity contribution in [1.29, 1.82) is 0 Å². The number of pyridine rings is 1. The van der Waals surface area contributed by atoms with Crippen molar-refractivity contribution in [1.82, 2.24) is 4.98 Å². The molecule has 0 N–H and O–H groups in total. The van der Waals surface area contributed by atoms with Gasteiger partial charge in [0.2, 0.25) is 5.88 Å². The van der Waals surface area contributed by atoms with E-state index in [4.69, 9.17) is 19.2 Å². The number of esters is 1. The number of rotatable bonds is 11. The molecule has 5 heteroatoms. The lowest BCUT2D eigenvalue weighted by molar-refractivity contribution is -0.143. The highest BCUT2D eigenvalue weighted by Gasteiger charge is 2.09. The van der Waals surface area contributed by atoms with Crippen molar-refractivity contribution in [2.75, 3.05) is 20.3 Å². The number of methoxy groups -OCH3 is 1. The summed E-state index contributed by atoms with van der Waals surface area (Å²) < 4.78 is 16.3. The zero-order valence-corrected chi connectivity index (χ0v) is 18.2. The van der Waals surface area contributed by atoms with Gasteiger partial charge in [-0.25, -0.2) is 4.98 Å². The minimum atomic E-state index is -0.136. The summed E-state index contributed by atoms with van der Waals surface area (Å²) in [5.74, 6) is 1.26. The molecule has 0 aliphatic heterocycles. The molecule has 0 fully saturated rings. The van der Waals surface area contributed by atoms with Gasteiger partial charge in [0.05, 0.1) is 26.0 Å². The first-order valence-electron chi connectivity index (χ1n) is 10.7. The number of hydrogen-bond acceptors (Lipinski definition) is 5.